The summed E-state index contributed by atoms with van der Waals surface area (Å²) < 4.78 is 5.43. The lowest BCUT2D eigenvalue weighted by Crippen LogP contribution is -2.42. The highest BCUT2D eigenvalue weighted by molar-refractivity contribution is 5.99. The van der Waals surface area contributed by atoms with Crippen molar-refractivity contribution in [3.8, 4) is 5.75 Å². The largest absolute Gasteiger partial charge is 0.482 e. The van der Waals surface area contributed by atoms with Gasteiger partial charge in [-0.1, -0.05) is 0 Å². The fourth-order valence-electron chi connectivity index (χ4n) is 3.93. The molecule has 1 N–H and O–H groups in total. The third kappa shape index (κ3) is 2.98. The maximum Gasteiger partial charge on any atom is 0.262 e. The van der Waals surface area contributed by atoms with Crippen molar-refractivity contribution in [1.29, 1.82) is 0 Å². The fourth-order valence-corrected chi connectivity index (χ4v) is 3.93. The van der Waals surface area contributed by atoms with Crippen LogP contribution < -0.4 is 10.1 Å². The molecule has 1 aromatic rings. The van der Waals surface area contributed by atoms with Gasteiger partial charge in [0, 0.05) is 24.7 Å². The van der Waals surface area contributed by atoms with Crippen molar-refractivity contribution < 1.29 is 14.3 Å². The lowest BCUT2D eigenvalue weighted by Gasteiger charge is -2.29. The van der Waals surface area contributed by atoms with Crippen LogP contribution in [0, 0.1) is 0 Å². The maximum absolute atomic E-state index is 12.9. The molecule has 6 nitrogen and oxygen atoms in total. The zero-order chi connectivity index (χ0) is 16.5. The minimum Gasteiger partial charge on any atom is -0.482 e. The van der Waals surface area contributed by atoms with Gasteiger partial charge in [-0.25, -0.2) is 0 Å². The van der Waals surface area contributed by atoms with E-state index in [1.165, 1.54) is 12.8 Å². The molecule has 1 atom stereocenters. The molecular formula is C18H23N3O3. The summed E-state index contributed by atoms with van der Waals surface area (Å²) >= 11 is 0. The van der Waals surface area contributed by atoms with Gasteiger partial charge in [0.1, 0.15) is 5.75 Å². The summed E-state index contributed by atoms with van der Waals surface area (Å²) in [5, 5.41) is 2.76. The van der Waals surface area contributed by atoms with Gasteiger partial charge in [-0.15, -0.1) is 0 Å². The molecule has 1 unspecified atom stereocenters. The van der Waals surface area contributed by atoms with Gasteiger partial charge in [0.15, 0.2) is 6.61 Å². The van der Waals surface area contributed by atoms with Gasteiger partial charge in [0.05, 0.1) is 5.69 Å². The zero-order valence-electron chi connectivity index (χ0n) is 13.8. The van der Waals surface area contributed by atoms with E-state index in [1.54, 1.807) is 18.2 Å². The van der Waals surface area contributed by atoms with Crippen molar-refractivity contribution in [2.45, 2.75) is 31.7 Å². The van der Waals surface area contributed by atoms with E-state index in [2.05, 4.69) is 10.2 Å². The number of nitrogens with one attached hydrogen (secondary N) is 1. The molecule has 1 aromatic carbocycles. The van der Waals surface area contributed by atoms with Crippen LogP contribution in [-0.4, -0.2) is 60.4 Å². The van der Waals surface area contributed by atoms with Crippen molar-refractivity contribution in [3.63, 3.8) is 0 Å². The second kappa shape index (κ2) is 6.43. The number of likely N-dealkylation sites (tertiary alicyclic amines) is 2. The highest BCUT2D eigenvalue weighted by Crippen LogP contribution is 2.30. The Labute approximate surface area is 141 Å². The summed E-state index contributed by atoms with van der Waals surface area (Å²) in [7, 11) is 0. The Hall–Kier alpha value is -2.08. The van der Waals surface area contributed by atoms with E-state index in [9.17, 15) is 9.59 Å². The SMILES string of the molecule is O=C1COc2cc(C(=O)N3CCCC3CN3CCCC3)ccc2N1. The second-order valence-corrected chi connectivity index (χ2v) is 6.85. The minimum absolute atomic E-state index is 0.00590. The molecule has 2 amide bonds. The fraction of sp³-hybridized carbons (Fsp3) is 0.556. The number of hydrogen-bond donors (Lipinski definition) is 1. The Bertz CT molecular complexity index is 655. The summed E-state index contributed by atoms with van der Waals surface area (Å²) in [5.41, 5.74) is 1.27. The third-order valence-electron chi connectivity index (χ3n) is 5.17. The number of carbonyl (C=O) groups is 2. The number of anilines is 1. The molecular weight excluding hydrogens is 306 g/mol. The average molecular weight is 329 g/mol. The molecule has 3 aliphatic rings. The Morgan fingerprint density at radius 2 is 2.04 bits per heavy atom. The quantitative estimate of drug-likeness (QED) is 0.917. The molecule has 0 bridgehead atoms. The number of amides is 2. The molecule has 3 aliphatic heterocycles. The van der Waals surface area contributed by atoms with Gasteiger partial charge < -0.3 is 19.9 Å². The van der Waals surface area contributed by atoms with Crippen molar-refractivity contribution in [1.82, 2.24) is 9.80 Å². The first-order valence-electron chi connectivity index (χ1n) is 8.81. The smallest absolute Gasteiger partial charge is 0.262 e. The van der Waals surface area contributed by atoms with Crippen LogP contribution in [0.4, 0.5) is 5.69 Å². The maximum atomic E-state index is 12.9. The van der Waals surface area contributed by atoms with Crippen molar-refractivity contribution in [2.24, 2.45) is 0 Å². The molecule has 0 aromatic heterocycles. The molecule has 24 heavy (non-hydrogen) atoms. The van der Waals surface area contributed by atoms with Crippen molar-refractivity contribution in [3.05, 3.63) is 23.8 Å². The monoisotopic (exact) mass is 329 g/mol. The summed E-state index contributed by atoms with van der Waals surface area (Å²) in [5.74, 6) is 0.488. The molecule has 4 rings (SSSR count). The summed E-state index contributed by atoms with van der Waals surface area (Å²) in [6.07, 6.45) is 4.70. The molecule has 6 heteroatoms. The van der Waals surface area contributed by atoms with E-state index < -0.39 is 0 Å². The van der Waals surface area contributed by atoms with E-state index in [0.717, 1.165) is 39.0 Å². The number of hydrogen-bond acceptors (Lipinski definition) is 4. The number of fused-ring (bicyclic) bond motifs is 1. The number of nitrogens with zero attached hydrogens (tertiary/aromatic N) is 2. The van der Waals surface area contributed by atoms with Gasteiger partial charge in [0.25, 0.3) is 11.8 Å². The lowest BCUT2D eigenvalue weighted by atomic mass is 10.1. The topological polar surface area (TPSA) is 61.9 Å². The molecule has 0 saturated carbocycles. The summed E-state index contributed by atoms with van der Waals surface area (Å²) in [6, 6.07) is 5.60. The van der Waals surface area contributed by atoms with Crippen LogP contribution in [0.5, 0.6) is 5.75 Å². The predicted octanol–water partition coefficient (Wildman–Crippen LogP) is 1.72. The number of ether oxygens (including phenoxy) is 1. The molecule has 3 heterocycles. The van der Waals surface area contributed by atoms with Gasteiger partial charge in [-0.2, -0.15) is 0 Å². The van der Waals surface area contributed by atoms with E-state index in [4.69, 9.17) is 4.74 Å². The van der Waals surface area contributed by atoms with Crippen LogP contribution in [-0.2, 0) is 4.79 Å². The first kappa shape index (κ1) is 15.4. The normalized spacial score (nSPS) is 23.8. The summed E-state index contributed by atoms with van der Waals surface area (Å²) in [4.78, 5) is 28.8. The van der Waals surface area contributed by atoms with Crippen molar-refractivity contribution in [2.75, 3.05) is 38.1 Å². The van der Waals surface area contributed by atoms with E-state index in [-0.39, 0.29) is 18.4 Å². The first-order chi connectivity index (χ1) is 11.7. The number of carbonyl (C=O) groups excluding carboxylic acids is 2. The first-order valence-corrected chi connectivity index (χ1v) is 8.81. The Morgan fingerprint density at radius 3 is 2.88 bits per heavy atom. The Balaban J connectivity index is 1.49. The molecule has 0 aliphatic carbocycles. The van der Waals surface area contributed by atoms with Crippen LogP contribution in [0.15, 0.2) is 18.2 Å². The molecule has 2 fully saturated rings. The van der Waals surface area contributed by atoms with Crippen LogP contribution >= 0.6 is 0 Å². The van der Waals surface area contributed by atoms with Crippen LogP contribution in [0.25, 0.3) is 0 Å². The highest BCUT2D eigenvalue weighted by atomic mass is 16.5. The number of rotatable bonds is 3. The molecule has 128 valence electrons. The van der Waals surface area contributed by atoms with Gasteiger partial charge >= 0.3 is 0 Å². The van der Waals surface area contributed by atoms with Gasteiger partial charge in [-0.05, 0) is 57.0 Å². The third-order valence-corrected chi connectivity index (χ3v) is 5.17. The van der Waals surface area contributed by atoms with Crippen molar-refractivity contribution >= 4 is 17.5 Å². The standard InChI is InChI=1S/C18H23N3O3/c22-17-12-24-16-10-13(5-6-15(16)19-17)18(23)21-9-3-4-14(21)11-20-7-1-2-8-20/h5-6,10,14H,1-4,7-9,11-12H2,(H,19,22). The van der Waals surface area contributed by atoms with Crippen LogP contribution in [0.1, 0.15) is 36.0 Å². The zero-order valence-corrected chi connectivity index (χ0v) is 13.8. The highest BCUT2D eigenvalue weighted by Gasteiger charge is 2.32. The minimum atomic E-state index is -0.160. The van der Waals surface area contributed by atoms with Gasteiger partial charge in [0.2, 0.25) is 0 Å². The molecule has 2 saturated heterocycles. The molecule has 0 spiro atoms. The van der Waals surface area contributed by atoms with E-state index >= 15 is 0 Å². The van der Waals surface area contributed by atoms with Gasteiger partial charge in [-0.3, -0.25) is 9.59 Å². The van der Waals surface area contributed by atoms with E-state index in [0.29, 0.717) is 23.0 Å². The predicted molar refractivity (Wildman–Crippen MR) is 90.3 cm³/mol. The van der Waals surface area contributed by atoms with Crippen LogP contribution in [0.3, 0.4) is 0 Å². The Morgan fingerprint density at radius 1 is 1.21 bits per heavy atom. The van der Waals surface area contributed by atoms with Crippen LogP contribution in [0.2, 0.25) is 0 Å². The van der Waals surface area contributed by atoms with E-state index in [1.807, 2.05) is 4.90 Å². The molecule has 0 radical (unpaired) electrons. The Kier molecular flexibility index (Phi) is 4.14. The lowest BCUT2D eigenvalue weighted by molar-refractivity contribution is -0.118. The second-order valence-electron chi connectivity index (χ2n) is 6.85. The average Bonchev–Trinajstić information content (AvgIpc) is 3.26. The number of benzene rings is 1. The summed E-state index contributed by atoms with van der Waals surface area (Å²) in [6.45, 7) is 4.14.